The summed E-state index contributed by atoms with van der Waals surface area (Å²) < 4.78 is 6.27. The van der Waals surface area contributed by atoms with E-state index in [1.54, 1.807) is 18.4 Å². The highest BCUT2D eigenvalue weighted by atomic mass is 32.1. The van der Waals surface area contributed by atoms with Crippen LogP contribution in [-0.2, 0) is 6.42 Å². The third kappa shape index (κ3) is 2.66. The number of methoxy groups -OCH3 is 1. The van der Waals surface area contributed by atoms with Gasteiger partial charge in [-0.15, -0.1) is 11.3 Å². The lowest BCUT2D eigenvalue weighted by atomic mass is 10.1. The molecule has 0 aliphatic carbocycles. The minimum absolute atomic E-state index is 0.533. The van der Waals surface area contributed by atoms with Gasteiger partial charge in [-0.05, 0) is 29.8 Å². The Morgan fingerprint density at radius 1 is 1.15 bits per heavy atom. The van der Waals surface area contributed by atoms with Crippen molar-refractivity contribution >= 4 is 21.6 Å². The van der Waals surface area contributed by atoms with Crippen molar-refractivity contribution in [2.75, 3.05) is 7.11 Å². The maximum Gasteiger partial charge on any atom is 0.118 e. The van der Waals surface area contributed by atoms with Gasteiger partial charge in [-0.3, -0.25) is 0 Å². The summed E-state index contributed by atoms with van der Waals surface area (Å²) in [4.78, 5) is 4.55. The molecule has 0 bridgehead atoms. The second-order valence-electron chi connectivity index (χ2n) is 4.57. The minimum Gasteiger partial charge on any atom is -0.497 e. The van der Waals surface area contributed by atoms with Crippen LogP contribution in [0.2, 0.25) is 0 Å². The number of aliphatic hydroxyl groups is 1. The first-order valence-corrected chi connectivity index (χ1v) is 7.24. The van der Waals surface area contributed by atoms with Gasteiger partial charge < -0.3 is 9.84 Å². The van der Waals surface area contributed by atoms with Gasteiger partial charge in [0.05, 0.1) is 28.4 Å². The van der Waals surface area contributed by atoms with Gasteiger partial charge in [0.15, 0.2) is 0 Å². The van der Waals surface area contributed by atoms with Crippen molar-refractivity contribution in [1.29, 1.82) is 0 Å². The van der Waals surface area contributed by atoms with Gasteiger partial charge >= 0.3 is 0 Å². The molecule has 0 saturated carbocycles. The topological polar surface area (TPSA) is 42.4 Å². The van der Waals surface area contributed by atoms with E-state index in [2.05, 4.69) is 11.1 Å². The Labute approximate surface area is 121 Å². The Bertz CT molecular complexity index is 673. The number of fused-ring (bicyclic) bond motifs is 1. The molecule has 20 heavy (non-hydrogen) atoms. The Morgan fingerprint density at radius 3 is 2.60 bits per heavy atom. The predicted octanol–water partition coefficient (Wildman–Crippen LogP) is 3.58. The molecule has 1 atom stereocenters. The van der Waals surface area contributed by atoms with Crippen LogP contribution in [0.5, 0.6) is 5.75 Å². The fourth-order valence-electron chi connectivity index (χ4n) is 2.12. The van der Waals surface area contributed by atoms with E-state index in [-0.39, 0.29) is 0 Å². The van der Waals surface area contributed by atoms with Crippen LogP contribution in [0.25, 0.3) is 10.2 Å². The number of ether oxygens (including phenoxy) is 1. The maximum absolute atomic E-state index is 10.3. The molecule has 0 unspecified atom stereocenters. The summed E-state index contributed by atoms with van der Waals surface area (Å²) in [5, 5.41) is 11.2. The van der Waals surface area contributed by atoms with Gasteiger partial charge in [-0.25, -0.2) is 4.98 Å². The van der Waals surface area contributed by atoms with Crippen molar-refractivity contribution in [1.82, 2.24) is 4.98 Å². The highest BCUT2D eigenvalue weighted by Crippen LogP contribution is 2.26. The summed E-state index contributed by atoms with van der Waals surface area (Å²) in [6, 6.07) is 15.5. The molecule has 1 heterocycles. The Balaban J connectivity index is 1.78. The molecule has 3 nitrogen and oxygen atoms in total. The lowest BCUT2D eigenvalue weighted by Crippen LogP contribution is -2.01. The Kier molecular flexibility index (Phi) is 3.67. The second-order valence-corrected chi connectivity index (χ2v) is 5.68. The molecule has 0 amide bonds. The number of para-hydroxylation sites is 1. The summed E-state index contributed by atoms with van der Waals surface area (Å²) in [6.45, 7) is 0. The van der Waals surface area contributed by atoms with Gasteiger partial charge in [0.2, 0.25) is 0 Å². The molecule has 102 valence electrons. The van der Waals surface area contributed by atoms with Crippen molar-refractivity contribution in [3.05, 3.63) is 59.1 Å². The van der Waals surface area contributed by atoms with E-state index in [9.17, 15) is 5.11 Å². The zero-order valence-corrected chi connectivity index (χ0v) is 11.9. The molecule has 0 aliphatic heterocycles. The number of aromatic nitrogens is 1. The van der Waals surface area contributed by atoms with Crippen LogP contribution in [-0.4, -0.2) is 17.2 Å². The third-order valence-electron chi connectivity index (χ3n) is 3.21. The average Bonchev–Trinajstić information content (AvgIpc) is 2.89. The van der Waals surface area contributed by atoms with Crippen molar-refractivity contribution in [3.63, 3.8) is 0 Å². The fourth-order valence-corrected chi connectivity index (χ4v) is 3.12. The molecule has 2 aromatic carbocycles. The van der Waals surface area contributed by atoms with Gasteiger partial charge in [0.1, 0.15) is 5.75 Å². The number of benzene rings is 2. The number of hydrogen-bond donors (Lipinski definition) is 1. The molecule has 0 saturated heterocycles. The summed E-state index contributed by atoms with van der Waals surface area (Å²) >= 11 is 1.63. The number of rotatable bonds is 4. The molecule has 0 aliphatic rings. The average molecular weight is 285 g/mol. The SMILES string of the molecule is COc1ccc([C@@H](O)Cc2nc3ccccc3s2)cc1. The first-order valence-electron chi connectivity index (χ1n) is 6.43. The summed E-state index contributed by atoms with van der Waals surface area (Å²) in [5.74, 6) is 0.793. The molecule has 1 aromatic heterocycles. The number of nitrogens with zero attached hydrogens (tertiary/aromatic N) is 1. The zero-order chi connectivity index (χ0) is 13.9. The normalized spacial score (nSPS) is 12.5. The van der Waals surface area contributed by atoms with E-state index in [0.717, 1.165) is 26.5 Å². The van der Waals surface area contributed by atoms with Crippen molar-refractivity contribution in [2.24, 2.45) is 0 Å². The standard InChI is InChI=1S/C16H15NO2S/c1-19-12-8-6-11(7-9-12)14(18)10-16-17-13-4-2-3-5-15(13)20-16/h2-9,14,18H,10H2,1H3/t14-/m0/s1. The van der Waals surface area contributed by atoms with Crippen LogP contribution in [0.3, 0.4) is 0 Å². The molecule has 0 spiro atoms. The molecular formula is C16H15NO2S. The van der Waals surface area contributed by atoms with Gasteiger partial charge in [-0.1, -0.05) is 24.3 Å². The van der Waals surface area contributed by atoms with Gasteiger partial charge in [-0.2, -0.15) is 0 Å². The van der Waals surface area contributed by atoms with Crippen LogP contribution in [0.1, 0.15) is 16.7 Å². The van der Waals surface area contributed by atoms with Gasteiger partial charge in [0, 0.05) is 6.42 Å². The fraction of sp³-hybridized carbons (Fsp3) is 0.188. The van der Waals surface area contributed by atoms with Gasteiger partial charge in [0.25, 0.3) is 0 Å². The molecule has 1 N–H and O–H groups in total. The van der Waals surface area contributed by atoms with Crippen LogP contribution < -0.4 is 4.74 Å². The Hall–Kier alpha value is -1.91. The number of thiazole rings is 1. The number of aliphatic hydroxyl groups excluding tert-OH is 1. The summed E-state index contributed by atoms with van der Waals surface area (Å²) in [5.41, 5.74) is 1.87. The van der Waals surface area contributed by atoms with E-state index in [1.165, 1.54) is 0 Å². The monoisotopic (exact) mass is 285 g/mol. The lowest BCUT2D eigenvalue weighted by Gasteiger charge is -2.09. The maximum atomic E-state index is 10.3. The first kappa shape index (κ1) is 13.1. The van der Waals surface area contributed by atoms with Crippen LogP contribution in [0, 0.1) is 0 Å². The minimum atomic E-state index is -0.540. The number of hydrogen-bond acceptors (Lipinski definition) is 4. The quantitative estimate of drug-likeness (QED) is 0.796. The highest BCUT2D eigenvalue weighted by Gasteiger charge is 2.12. The van der Waals surface area contributed by atoms with E-state index in [1.807, 2.05) is 42.5 Å². The van der Waals surface area contributed by atoms with Crippen LogP contribution >= 0.6 is 11.3 Å². The van der Waals surface area contributed by atoms with E-state index >= 15 is 0 Å². The van der Waals surface area contributed by atoms with Crippen molar-refractivity contribution < 1.29 is 9.84 Å². The van der Waals surface area contributed by atoms with E-state index < -0.39 is 6.10 Å². The molecule has 0 radical (unpaired) electrons. The predicted molar refractivity (Wildman–Crippen MR) is 81.3 cm³/mol. The first-order chi connectivity index (χ1) is 9.76. The summed E-state index contributed by atoms with van der Waals surface area (Å²) in [7, 11) is 1.63. The lowest BCUT2D eigenvalue weighted by molar-refractivity contribution is 0.178. The third-order valence-corrected chi connectivity index (χ3v) is 4.27. The van der Waals surface area contributed by atoms with E-state index in [4.69, 9.17) is 4.74 Å². The van der Waals surface area contributed by atoms with E-state index in [0.29, 0.717) is 6.42 Å². The molecule has 0 fully saturated rings. The molecule has 3 rings (SSSR count). The van der Waals surface area contributed by atoms with Crippen molar-refractivity contribution in [3.8, 4) is 5.75 Å². The molecular weight excluding hydrogens is 270 g/mol. The summed E-state index contributed by atoms with van der Waals surface area (Å²) in [6.07, 6.45) is -0.00690. The largest absolute Gasteiger partial charge is 0.497 e. The highest BCUT2D eigenvalue weighted by molar-refractivity contribution is 7.18. The molecule has 3 aromatic rings. The Morgan fingerprint density at radius 2 is 1.90 bits per heavy atom. The molecule has 4 heteroatoms. The zero-order valence-electron chi connectivity index (χ0n) is 11.1. The van der Waals surface area contributed by atoms with Crippen LogP contribution in [0.15, 0.2) is 48.5 Å². The second kappa shape index (κ2) is 5.61. The van der Waals surface area contributed by atoms with Crippen molar-refractivity contribution in [2.45, 2.75) is 12.5 Å². The van der Waals surface area contributed by atoms with Crippen LogP contribution in [0.4, 0.5) is 0 Å². The smallest absolute Gasteiger partial charge is 0.118 e.